The number of halogens is 1. The van der Waals surface area contributed by atoms with E-state index in [0.29, 0.717) is 12.1 Å². The quantitative estimate of drug-likeness (QED) is 0.740. The number of benzene rings is 1. The Labute approximate surface area is 114 Å². The van der Waals surface area contributed by atoms with Crippen molar-refractivity contribution in [3.05, 3.63) is 35.6 Å². The first-order valence-electron chi connectivity index (χ1n) is 7.13. The fourth-order valence-corrected chi connectivity index (χ4v) is 2.53. The number of likely N-dealkylation sites (tertiary alicyclic amines) is 1. The molecule has 1 heterocycles. The molecule has 3 nitrogen and oxygen atoms in total. The highest BCUT2D eigenvalue weighted by Crippen LogP contribution is 2.15. The van der Waals surface area contributed by atoms with E-state index >= 15 is 0 Å². The Morgan fingerprint density at radius 1 is 1.26 bits per heavy atom. The summed E-state index contributed by atoms with van der Waals surface area (Å²) in [4.78, 5) is 2.47. The zero-order chi connectivity index (χ0) is 13.5. The van der Waals surface area contributed by atoms with Crippen LogP contribution in [0.3, 0.4) is 0 Å². The highest BCUT2D eigenvalue weighted by atomic mass is 19.1. The van der Waals surface area contributed by atoms with Crippen molar-refractivity contribution < 1.29 is 9.50 Å². The molecule has 4 heteroatoms. The van der Waals surface area contributed by atoms with E-state index in [1.54, 1.807) is 18.2 Å². The second kappa shape index (κ2) is 7.58. The normalized spacial score (nSPS) is 17.8. The minimum absolute atomic E-state index is 0.339. The first kappa shape index (κ1) is 14.4. The van der Waals surface area contributed by atoms with Gasteiger partial charge in [0.1, 0.15) is 5.82 Å². The third-order valence-electron chi connectivity index (χ3n) is 3.63. The zero-order valence-electron chi connectivity index (χ0n) is 11.3. The molecule has 1 aliphatic rings. The molecule has 2 N–H and O–H groups in total. The van der Waals surface area contributed by atoms with Crippen molar-refractivity contribution in [2.24, 2.45) is 0 Å². The lowest BCUT2D eigenvalue weighted by atomic mass is 10.1. The Balaban J connectivity index is 1.61. The minimum atomic E-state index is -0.770. The van der Waals surface area contributed by atoms with E-state index in [0.717, 1.165) is 19.5 Å². The summed E-state index contributed by atoms with van der Waals surface area (Å²) >= 11 is 0. The molecular formula is C15H23FN2O. The first-order valence-corrected chi connectivity index (χ1v) is 7.13. The highest BCUT2D eigenvalue weighted by Gasteiger charge is 2.12. The molecule has 0 spiro atoms. The number of aliphatic hydroxyl groups excluding tert-OH is 1. The van der Waals surface area contributed by atoms with Gasteiger partial charge in [0.25, 0.3) is 0 Å². The van der Waals surface area contributed by atoms with Gasteiger partial charge in [0.15, 0.2) is 0 Å². The van der Waals surface area contributed by atoms with Gasteiger partial charge in [-0.25, -0.2) is 4.39 Å². The van der Waals surface area contributed by atoms with Crippen LogP contribution >= 0.6 is 0 Å². The van der Waals surface area contributed by atoms with Crippen molar-refractivity contribution in [3.63, 3.8) is 0 Å². The number of nitrogens with zero attached hydrogens (tertiary/aromatic N) is 1. The van der Waals surface area contributed by atoms with Crippen LogP contribution in [0.5, 0.6) is 0 Å². The monoisotopic (exact) mass is 266 g/mol. The number of hydrogen-bond donors (Lipinski definition) is 2. The summed E-state index contributed by atoms with van der Waals surface area (Å²) in [5.74, 6) is -0.339. The van der Waals surface area contributed by atoms with Crippen LogP contribution in [0.1, 0.15) is 30.9 Å². The second-order valence-electron chi connectivity index (χ2n) is 5.14. The molecule has 0 radical (unpaired) electrons. The standard InChI is InChI=1S/C15H23FN2O/c16-14-7-2-1-6-13(14)15(19)12-17-8-5-11-18-9-3-4-10-18/h1-2,6-7,15,17,19H,3-5,8-12H2. The van der Waals surface area contributed by atoms with Gasteiger partial charge in [-0.2, -0.15) is 0 Å². The van der Waals surface area contributed by atoms with Gasteiger partial charge in [-0.15, -0.1) is 0 Å². The molecule has 19 heavy (non-hydrogen) atoms. The lowest BCUT2D eigenvalue weighted by Gasteiger charge is -2.16. The van der Waals surface area contributed by atoms with Crippen LogP contribution in [0.4, 0.5) is 4.39 Å². The van der Waals surface area contributed by atoms with Crippen LogP contribution in [0, 0.1) is 5.82 Å². The summed E-state index contributed by atoms with van der Waals surface area (Å²) in [6, 6.07) is 6.39. The molecule has 1 unspecified atom stereocenters. The molecule has 1 fully saturated rings. The maximum absolute atomic E-state index is 13.4. The van der Waals surface area contributed by atoms with Gasteiger partial charge < -0.3 is 15.3 Å². The maximum Gasteiger partial charge on any atom is 0.129 e. The molecule has 0 saturated carbocycles. The molecule has 1 saturated heterocycles. The van der Waals surface area contributed by atoms with Crippen LogP contribution in [0.25, 0.3) is 0 Å². The predicted molar refractivity (Wildman–Crippen MR) is 74.5 cm³/mol. The van der Waals surface area contributed by atoms with Gasteiger partial charge >= 0.3 is 0 Å². The zero-order valence-corrected chi connectivity index (χ0v) is 11.3. The van der Waals surface area contributed by atoms with Gasteiger partial charge in [-0.3, -0.25) is 0 Å². The van der Waals surface area contributed by atoms with E-state index in [1.165, 1.54) is 32.0 Å². The Bertz CT molecular complexity index is 380. The molecule has 1 aromatic rings. The summed E-state index contributed by atoms with van der Waals surface area (Å²) in [6.45, 7) is 4.82. The topological polar surface area (TPSA) is 35.5 Å². The van der Waals surface area contributed by atoms with Crippen molar-refractivity contribution >= 4 is 0 Å². The molecule has 2 rings (SSSR count). The smallest absolute Gasteiger partial charge is 0.129 e. The van der Waals surface area contributed by atoms with E-state index < -0.39 is 6.10 Å². The van der Waals surface area contributed by atoms with E-state index in [2.05, 4.69) is 10.2 Å². The Morgan fingerprint density at radius 3 is 2.74 bits per heavy atom. The van der Waals surface area contributed by atoms with Crippen LogP contribution < -0.4 is 5.32 Å². The Kier molecular flexibility index (Phi) is 5.76. The SMILES string of the molecule is OC(CNCCCN1CCCC1)c1ccccc1F. The summed E-state index contributed by atoms with van der Waals surface area (Å²) < 4.78 is 13.4. The summed E-state index contributed by atoms with van der Waals surface area (Å²) in [7, 11) is 0. The fraction of sp³-hybridized carbons (Fsp3) is 0.600. The van der Waals surface area contributed by atoms with Crippen molar-refractivity contribution in [2.75, 3.05) is 32.7 Å². The van der Waals surface area contributed by atoms with Crippen molar-refractivity contribution in [1.82, 2.24) is 10.2 Å². The van der Waals surface area contributed by atoms with E-state index in [4.69, 9.17) is 0 Å². The molecule has 0 aliphatic carbocycles. The van der Waals surface area contributed by atoms with E-state index in [9.17, 15) is 9.50 Å². The second-order valence-corrected chi connectivity index (χ2v) is 5.14. The first-order chi connectivity index (χ1) is 9.27. The van der Waals surface area contributed by atoms with Gasteiger partial charge in [0.05, 0.1) is 6.10 Å². The number of aliphatic hydroxyl groups is 1. The largest absolute Gasteiger partial charge is 0.387 e. The summed E-state index contributed by atoms with van der Waals surface area (Å²) in [5.41, 5.74) is 0.370. The predicted octanol–water partition coefficient (Wildman–Crippen LogP) is 1.93. The fourth-order valence-electron chi connectivity index (χ4n) is 2.53. The van der Waals surface area contributed by atoms with Gasteiger partial charge in [-0.05, 0) is 51.5 Å². The van der Waals surface area contributed by atoms with Gasteiger partial charge in [0, 0.05) is 12.1 Å². The number of rotatable bonds is 7. The lowest BCUT2D eigenvalue weighted by Crippen LogP contribution is -2.27. The number of nitrogens with one attached hydrogen (secondary N) is 1. The molecule has 0 bridgehead atoms. The molecule has 0 amide bonds. The molecular weight excluding hydrogens is 243 g/mol. The molecule has 1 aromatic carbocycles. The van der Waals surface area contributed by atoms with Crippen molar-refractivity contribution in [2.45, 2.75) is 25.4 Å². The van der Waals surface area contributed by atoms with Crippen LogP contribution in [0.15, 0.2) is 24.3 Å². The number of hydrogen-bond acceptors (Lipinski definition) is 3. The van der Waals surface area contributed by atoms with Crippen LogP contribution in [-0.4, -0.2) is 42.7 Å². The van der Waals surface area contributed by atoms with Gasteiger partial charge in [0.2, 0.25) is 0 Å². The van der Waals surface area contributed by atoms with Crippen LogP contribution in [0.2, 0.25) is 0 Å². The van der Waals surface area contributed by atoms with Crippen molar-refractivity contribution in [3.8, 4) is 0 Å². The summed E-state index contributed by atoms with van der Waals surface area (Å²) in [6.07, 6.45) is 2.94. The van der Waals surface area contributed by atoms with Crippen molar-refractivity contribution in [1.29, 1.82) is 0 Å². The van der Waals surface area contributed by atoms with E-state index in [1.807, 2.05) is 0 Å². The van der Waals surface area contributed by atoms with Gasteiger partial charge in [-0.1, -0.05) is 18.2 Å². The third kappa shape index (κ3) is 4.56. The average Bonchev–Trinajstić information content (AvgIpc) is 2.92. The highest BCUT2D eigenvalue weighted by molar-refractivity contribution is 5.19. The molecule has 0 aromatic heterocycles. The molecule has 1 aliphatic heterocycles. The Hall–Kier alpha value is -0.970. The third-order valence-corrected chi connectivity index (χ3v) is 3.63. The molecule has 1 atom stereocenters. The summed E-state index contributed by atoms with van der Waals surface area (Å²) in [5, 5.41) is 13.1. The average molecular weight is 266 g/mol. The Morgan fingerprint density at radius 2 is 2.00 bits per heavy atom. The minimum Gasteiger partial charge on any atom is -0.387 e. The molecule has 106 valence electrons. The lowest BCUT2D eigenvalue weighted by molar-refractivity contribution is 0.169. The maximum atomic E-state index is 13.4. The van der Waals surface area contributed by atoms with E-state index in [-0.39, 0.29) is 5.82 Å². The van der Waals surface area contributed by atoms with Crippen LogP contribution in [-0.2, 0) is 0 Å².